The third-order valence-corrected chi connectivity index (χ3v) is 4.17. The van der Waals surface area contributed by atoms with Gasteiger partial charge >= 0.3 is 0 Å². The first-order chi connectivity index (χ1) is 10.0. The molecular formula is C15H13Cl2N3O. The zero-order valence-electron chi connectivity index (χ0n) is 11.4. The first kappa shape index (κ1) is 14.3. The van der Waals surface area contributed by atoms with E-state index in [1.807, 2.05) is 6.92 Å². The predicted octanol–water partition coefficient (Wildman–Crippen LogP) is 4.22. The van der Waals surface area contributed by atoms with Gasteiger partial charge in [-0.05, 0) is 43.5 Å². The minimum atomic E-state index is -0.296. The molecule has 0 atom stereocenters. The first-order valence-corrected chi connectivity index (χ1v) is 7.40. The van der Waals surface area contributed by atoms with Gasteiger partial charge in [0.2, 0.25) is 0 Å². The zero-order valence-corrected chi connectivity index (χ0v) is 12.9. The molecule has 1 aromatic heterocycles. The number of hydrogen-bond donors (Lipinski definition) is 1. The second-order valence-electron chi connectivity index (χ2n) is 5.09. The fourth-order valence-corrected chi connectivity index (χ4v) is 2.44. The Morgan fingerprint density at radius 3 is 2.57 bits per heavy atom. The third-order valence-electron chi connectivity index (χ3n) is 3.39. The number of nitrogens with one attached hydrogen (secondary N) is 1. The Bertz CT molecular complexity index is 691. The lowest BCUT2D eigenvalue weighted by molar-refractivity contribution is 0.102. The zero-order chi connectivity index (χ0) is 15.0. The van der Waals surface area contributed by atoms with E-state index in [1.165, 1.54) is 0 Å². The van der Waals surface area contributed by atoms with E-state index in [0.717, 1.165) is 24.2 Å². The molecule has 0 spiro atoms. The number of benzene rings is 1. The molecule has 1 aliphatic carbocycles. The van der Waals surface area contributed by atoms with Crippen molar-refractivity contribution in [1.29, 1.82) is 0 Å². The van der Waals surface area contributed by atoms with Crippen LogP contribution in [0.1, 0.15) is 40.6 Å². The monoisotopic (exact) mass is 321 g/mol. The first-order valence-electron chi connectivity index (χ1n) is 6.64. The fourth-order valence-electron chi connectivity index (χ4n) is 1.95. The number of nitrogens with zero attached hydrogens (tertiary/aromatic N) is 2. The van der Waals surface area contributed by atoms with Crippen molar-refractivity contribution in [3.8, 4) is 0 Å². The lowest BCUT2D eigenvalue weighted by atomic mass is 10.2. The summed E-state index contributed by atoms with van der Waals surface area (Å²) >= 11 is 12.1. The van der Waals surface area contributed by atoms with Crippen LogP contribution in [0.4, 0.5) is 5.69 Å². The molecule has 0 saturated heterocycles. The summed E-state index contributed by atoms with van der Waals surface area (Å²) in [5.41, 5.74) is 1.68. The SMILES string of the molecule is Cc1c(Cl)cc(NC(=O)c2ccnc(C3CC3)n2)cc1Cl. The van der Waals surface area contributed by atoms with Crippen LogP contribution in [-0.4, -0.2) is 15.9 Å². The van der Waals surface area contributed by atoms with Crippen molar-refractivity contribution < 1.29 is 4.79 Å². The highest BCUT2D eigenvalue weighted by Crippen LogP contribution is 2.37. The van der Waals surface area contributed by atoms with Crippen LogP contribution >= 0.6 is 23.2 Å². The molecule has 108 valence electrons. The molecule has 1 amide bonds. The Hall–Kier alpha value is -1.65. The molecule has 0 bridgehead atoms. The molecule has 0 radical (unpaired) electrons. The van der Waals surface area contributed by atoms with E-state index >= 15 is 0 Å². The standard InChI is InChI=1S/C15H13Cl2N3O/c1-8-11(16)6-10(7-12(8)17)19-15(21)13-4-5-18-14(20-13)9-2-3-9/h4-7,9H,2-3H2,1H3,(H,19,21). The van der Waals surface area contributed by atoms with E-state index in [0.29, 0.717) is 27.3 Å². The van der Waals surface area contributed by atoms with Crippen molar-refractivity contribution in [1.82, 2.24) is 9.97 Å². The van der Waals surface area contributed by atoms with Gasteiger partial charge in [0.05, 0.1) is 0 Å². The Morgan fingerprint density at radius 1 is 1.29 bits per heavy atom. The number of hydrogen-bond acceptors (Lipinski definition) is 3. The van der Waals surface area contributed by atoms with Crippen LogP contribution in [0.2, 0.25) is 10.0 Å². The number of rotatable bonds is 3. The van der Waals surface area contributed by atoms with Crippen LogP contribution in [0.25, 0.3) is 0 Å². The van der Waals surface area contributed by atoms with E-state index in [9.17, 15) is 4.79 Å². The minimum absolute atomic E-state index is 0.296. The van der Waals surface area contributed by atoms with Crippen LogP contribution in [0.15, 0.2) is 24.4 Å². The van der Waals surface area contributed by atoms with Crippen molar-refractivity contribution in [3.05, 3.63) is 51.5 Å². The fraction of sp³-hybridized carbons (Fsp3) is 0.267. The molecule has 1 heterocycles. The summed E-state index contributed by atoms with van der Waals surface area (Å²) in [7, 11) is 0. The molecule has 2 aromatic rings. The van der Waals surface area contributed by atoms with Gasteiger partial charge in [-0.3, -0.25) is 4.79 Å². The number of aromatic nitrogens is 2. The third kappa shape index (κ3) is 3.17. The molecule has 0 unspecified atom stereocenters. The van der Waals surface area contributed by atoms with Crippen molar-refractivity contribution in [2.75, 3.05) is 5.32 Å². The number of amides is 1. The highest BCUT2D eigenvalue weighted by Gasteiger charge is 2.27. The molecule has 0 aliphatic heterocycles. The summed E-state index contributed by atoms with van der Waals surface area (Å²) in [6, 6.07) is 4.94. The summed E-state index contributed by atoms with van der Waals surface area (Å²) in [5.74, 6) is 0.846. The van der Waals surface area contributed by atoms with Crippen LogP contribution in [-0.2, 0) is 0 Å². The summed E-state index contributed by atoms with van der Waals surface area (Å²) in [5, 5.41) is 3.78. The number of carbonyl (C=O) groups is 1. The highest BCUT2D eigenvalue weighted by molar-refractivity contribution is 6.36. The van der Waals surface area contributed by atoms with Crippen LogP contribution in [0, 0.1) is 6.92 Å². The summed E-state index contributed by atoms with van der Waals surface area (Å²) in [4.78, 5) is 20.7. The maximum atomic E-state index is 12.2. The lowest BCUT2D eigenvalue weighted by Crippen LogP contribution is -2.15. The Kier molecular flexibility index (Phi) is 3.83. The van der Waals surface area contributed by atoms with Gasteiger partial charge in [-0.15, -0.1) is 0 Å². The second-order valence-corrected chi connectivity index (χ2v) is 5.91. The van der Waals surface area contributed by atoms with Crippen molar-refractivity contribution in [3.63, 3.8) is 0 Å². The van der Waals surface area contributed by atoms with Crippen molar-refractivity contribution >= 4 is 34.8 Å². The molecule has 6 heteroatoms. The summed E-state index contributed by atoms with van der Waals surface area (Å²) in [6.07, 6.45) is 3.80. The van der Waals surface area contributed by atoms with E-state index in [2.05, 4.69) is 15.3 Å². The lowest BCUT2D eigenvalue weighted by Gasteiger charge is -2.08. The molecule has 21 heavy (non-hydrogen) atoms. The van der Waals surface area contributed by atoms with Crippen molar-refractivity contribution in [2.24, 2.45) is 0 Å². The van der Waals surface area contributed by atoms with Gasteiger partial charge in [-0.2, -0.15) is 0 Å². The average Bonchev–Trinajstić information content (AvgIpc) is 3.29. The van der Waals surface area contributed by atoms with E-state index in [4.69, 9.17) is 23.2 Å². The number of carbonyl (C=O) groups excluding carboxylic acids is 1. The molecule has 4 nitrogen and oxygen atoms in total. The highest BCUT2D eigenvalue weighted by atomic mass is 35.5. The number of halogens is 2. The molecule has 1 saturated carbocycles. The molecule has 3 rings (SSSR count). The summed E-state index contributed by atoms with van der Waals surface area (Å²) < 4.78 is 0. The van der Waals surface area contributed by atoms with E-state index < -0.39 is 0 Å². The van der Waals surface area contributed by atoms with Gasteiger partial charge < -0.3 is 5.32 Å². The predicted molar refractivity (Wildman–Crippen MR) is 83.2 cm³/mol. The van der Waals surface area contributed by atoms with Crippen molar-refractivity contribution in [2.45, 2.75) is 25.7 Å². The smallest absolute Gasteiger partial charge is 0.274 e. The Labute approximate surface area is 132 Å². The van der Waals surface area contributed by atoms with Gasteiger partial charge in [-0.1, -0.05) is 23.2 Å². The maximum absolute atomic E-state index is 12.2. The van der Waals surface area contributed by atoms with Gasteiger partial charge in [0.25, 0.3) is 5.91 Å². The minimum Gasteiger partial charge on any atom is -0.321 e. The average molecular weight is 322 g/mol. The van der Waals surface area contributed by atoms with Gasteiger partial charge in [0, 0.05) is 27.8 Å². The quantitative estimate of drug-likeness (QED) is 0.920. The summed E-state index contributed by atoms with van der Waals surface area (Å²) in [6.45, 7) is 1.82. The number of anilines is 1. The molecular weight excluding hydrogens is 309 g/mol. The molecule has 1 fully saturated rings. The largest absolute Gasteiger partial charge is 0.321 e. The van der Waals surface area contributed by atoms with E-state index in [1.54, 1.807) is 24.4 Å². The second kappa shape index (κ2) is 5.62. The van der Waals surface area contributed by atoms with Crippen LogP contribution in [0.3, 0.4) is 0 Å². The van der Waals surface area contributed by atoms with Gasteiger partial charge in [-0.25, -0.2) is 9.97 Å². The normalized spacial score (nSPS) is 14.0. The Balaban J connectivity index is 1.81. The molecule has 1 aliphatic rings. The Morgan fingerprint density at radius 2 is 1.95 bits per heavy atom. The van der Waals surface area contributed by atoms with Gasteiger partial charge in [0.15, 0.2) is 0 Å². The molecule has 1 N–H and O–H groups in total. The van der Waals surface area contributed by atoms with Gasteiger partial charge in [0.1, 0.15) is 11.5 Å². The van der Waals surface area contributed by atoms with Crippen LogP contribution in [0.5, 0.6) is 0 Å². The topological polar surface area (TPSA) is 54.9 Å². The molecule has 1 aromatic carbocycles. The van der Waals surface area contributed by atoms with Crippen LogP contribution < -0.4 is 5.32 Å². The maximum Gasteiger partial charge on any atom is 0.274 e. The van der Waals surface area contributed by atoms with E-state index in [-0.39, 0.29) is 5.91 Å².